The number of carbonyl (C=O) groups is 1. The van der Waals surface area contributed by atoms with E-state index in [9.17, 15) is 4.79 Å². The van der Waals surface area contributed by atoms with Gasteiger partial charge in [-0.15, -0.1) is 0 Å². The summed E-state index contributed by atoms with van der Waals surface area (Å²) in [4.78, 5) is 20.4. The molecule has 1 atom stereocenters. The zero-order chi connectivity index (χ0) is 14.4. The lowest BCUT2D eigenvalue weighted by Crippen LogP contribution is -2.27. The van der Waals surface area contributed by atoms with E-state index in [1.54, 1.807) is 30.9 Å². The highest BCUT2D eigenvalue weighted by molar-refractivity contribution is 5.99. The molecule has 0 fully saturated rings. The number of aromatic nitrogens is 2. The molecule has 0 aromatic carbocycles. The predicted octanol–water partition coefficient (Wildman–Crippen LogP) is 2.40. The Morgan fingerprint density at radius 1 is 1.25 bits per heavy atom. The average molecular weight is 270 g/mol. The van der Waals surface area contributed by atoms with E-state index in [0.29, 0.717) is 5.56 Å². The molecule has 0 spiro atoms. The first-order chi connectivity index (χ1) is 9.72. The highest BCUT2D eigenvalue weighted by atomic mass is 16.1. The molecule has 0 saturated heterocycles. The standard InChI is InChI=1S/C15H18N4O/c1-3-18-14-6-8-17-10-13(14)15(20)19-11(2)12-5-4-7-16-9-12/h4-11H,3H2,1-2H3,(H,17,18)(H,19,20). The quantitative estimate of drug-likeness (QED) is 0.875. The number of hydrogen-bond donors (Lipinski definition) is 2. The van der Waals surface area contributed by atoms with E-state index < -0.39 is 0 Å². The molecule has 5 heteroatoms. The Bertz CT molecular complexity index is 571. The number of hydrogen-bond acceptors (Lipinski definition) is 4. The van der Waals surface area contributed by atoms with Crippen molar-refractivity contribution < 1.29 is 4.79 Å². The lowest BCUT2D eigenvalue weighted by molar-refractivity contribution is 0.0940. The van der Waals surface area contributed by atoms with Crippen molar-refractivity contribution in [1.82, 2.24) is 15.3 Å². The van der Waals surface area contributed by atoms with Gasteiger partial charge >= 0.3 is 0 Å². The summed E-state index contributed by atoms with van der Waals surface area (Å²) in [6.07, 6.45) is 6.70. The third kappa shape index (κ3) is 3.32. The topological polar surface area (TPSA) is 66.9 Å². The van der Waals surface area contributed by atoms with Gasteiger partial charge in [0.25, 0.3) is 5.91 Å². The second-order valence-corrected chi connectivity index (χ2v) is 4.43. The minimum Gasteiger partial charge on any atom is -0.385 e. The fourth-order valence-corrected chi connectivity index (χ4v) is 1.91. The molecule has 1 unspecified atom stereocenters. The lowest BCUT2D eigenvalue weighted by atomic mass is 10.1. The minimum atomic E-state index is -0.148. The monoisotopic (exact) mass is 270 g/mol. The third-order valence-electron chi connectivity index (χ3n) is 2.96. The molecule has 0 radical (unpaired) electrons. The second-order valence-electron chi connectivity index (χ2n) is 4.43. The summed E-state index contributed by atoms with van der Waals surface area (Å²) in [7, 11) is 0. The van der Waals surface area contributed by atoms with Gasteiger partial charge in [0.2, 0.25) is 0 Å². The van der Waals surface area contributed by atoms with Crippen LogP contribution in [0.1, 0.15) is 35.8 Å². The molecule has 2 N–H and O–H groups in total. The Morgan fingerprint density at radius 3 is 2.75 bits per heavy atom. The highest BCUT2D eigenvalue weighted by Crippen LogP contribution is 2.16. The maximum absolute atomic E-state index is 12.3. The molecule has 2 rings (SSSR count). The van der Waals surface area contributed by atoms with Crippen LogP contribution < -0.4 is 10.6 Å². The first kappa shape index (κ1) is 14.0. The summed E-state index contributed by atoms with van der Waals surface area (Å²) in [5.74, 6) is -0.148. The minimum absolute atomic E-state index is 0.106. The van der Waals surface area contributed by atoms with Crippen LogP contribution in [0.15, 0.2) is 43.0 Å². The van der Waals surface area contributed by atoms with Crippen LogP contribution in [0.5, 0.6) is 0 Å². The van der Waals surface area contributed by atoms with Gasteiger partial charge in [-0.3, -0.25) is 14.8 Å². The van der Waals surface area contributed by atoms with Crippen molar-refractivity contribution in [3.05, 3.63) is 54.1 Å². The van der Waals surface area contributed by atoms with Crippen LogP contribution in [-0.2, 0) is 0 Å². The summed E-state index contributed by atoms with van der Waals surface area (Å²) < 4.78 is 0. The number of amides is 1. The van der Waals surface area contributed by atoms with Gasteiger partial charge in [0.15, 0.2) is 0 Å². The molecule has 1 amide bonds. The molecular weight excluding hydrogens is 252 g/mol. The fourth-order valence-electron chi connectivity index (χ4n) is 1.91. The van der Waals surface area contributed by atoms with Crippen molar-refractivity contribution in [2.24, 2.45) is 0 Å². The van der Waals surface area contributed by atoms with Crippen LogP contribution in [0.3, 0.4) is 0 Å². The zero-order valence-corrected chi connectivity index (χ0v) is 11.6. The fraction of sp³-hybridized carbons (Fsp3) is 0.267. The largest absolute Gasteiger partial charge is 0.385 e. The van der Waals surface area contributed by atoms with Crippen molar-refractivity contribution >= 4 is 11.6 Å². The van der Waals surface area contributed by atoms with Gasteiger partial charge in [-0.2, -0.15) is 0 Å². The van der Waals surface area contributed by atoms with Crippen LogP contribution in [0, 0.1) is 0 Å². The highest BCUT2D eigenvalue weighted by Gasteiger charge is 2.14. The van der Waals surface area contributed by atoms with Gasteiger partial charge < -0.3 is 10.6 Å². The number of carbonyl (C=O) groups excluding carboxylic acids is 1. The molecule has 0 bridgehead atoms. The van der Waals surface area contributed by atoms with Crippen molar-refractivity contribution in [3.63, 3.8) is 0 Å². The van der Waals surface area contributed by atoms with Gasteiger partial charge in [0, 0.05) is 31.3 Å². The maximum atomic E-state index is 12.3. The van der Waals surface area contributed by atoms with Crippen molar-refractivity contribution in [2.75, 3.05) is 11.9 Å². The predicted molar refractivity (Wildman–Crippen MR) is 78.5 cm³/mol. The SMILES string of the molecule is CCNc1ccncc1C(=O)NC(C)c1cccnc1. The van der Waals surface area contributed by atoms with E-state index in [2.05, 4.69) is 20.6 Å². The first-order valence-corrected chi connectivity index (χ1v) is 6.61. The summed E-state index contributed by atoms with van der Waals surface area (Å²) in [6.45, 7) is 4.67. The molecule has 2 heterocycles. The molecule has 2 aromatic heterocycles. The Hall–Kier alpha value is -2.43. The normalized spacial score (nSPS) is 11.7. The van der Waals surface area contributed by atoms with Gasteiger partial charge in [-0.1, -0.05) is 6.07 Å². The molecule has 104 valence electrons. The number of rotatable bonds is 5. The van der Waals surface area contributed by atoms with Crippen LogP contribution >= 0.6 is 0 Å². The lowest BCUT2D eigenvalue weighted by Gasteiger charge is -2.15. The molecule has 5 nitrogen and oxygen atoms in total. The first-order valence-electron chi connectivity index (χ1n) is 6.61. The summed E-state index contributed by atoms with van der Waals surface area (Å²) >= 11 is 0. The number of anilines is 1. The van der Waals surface area contributed by atoms with Crippen LogP contribution in [0.25, 0.3) is 0 Å². The molecule has 0 aliphatic carbocycles. The summed E-state index contributed by atoms with van der Waals surface area (Å²) in [5.41, 5.74) is 2.30. The van der Waals surface area contributed by atoms with E-state index in [-0.39, 0.29) is 11.9 Å². The van der Waals surface area contributed by atoms with Crippen LogP contribution in [0.2, 0.25) is 0 Å². The zero-order valence-electron chi connectivity index (χ0n) is 11.6. The van der Waals surface area contributed by atoms with Gasteiger partial charge in [-0.05, 0) is 31.5 Å². The summed E-state index contributed by atoms with van der Waals surface area (Å²) in [5, 5.41) is 6.11. The second kappa shape index (κ2) is 6.65. The van der Waals surface area contributed by atoms with Crippen LogP contribution in [0.4, 0.5) is 5.69 Å². The van der Waals surface area contributed by atoms with Crippen molar-refractivity contribution in [3.8, 4) is 0 Å². The van der Waals surface area contributed by atoms with E-state index in [1.165, 1.54) is 0 Å². The van der Waals surface area contributed by atoms with Crippen molar-refractivity contribution in [2.45, 2.75) is 19.9 Å². The van der Waals surface area contributed by atoms with Crippen molar-refractivity contribution in [1.29, 1.82) is 0 Å². The van der Waals surface area contributed by atoms with E-state index >= 15 is 0 Å². The smallest absolute Gasteiger partial charge is 0.255 e. The summed E-state index contributed by atoms with van der Waals surface area (Å²) in [6, 6.07) is 5.48. The van der Waals surface area contributed by atoms with E-state index in [0.717, 1.165) is 17.8 Å². The van der Waals surface area contributed by atoms with Gasteiger partial charge in [0.05, 0.1) is 17.3 Å². The molecule has 0 saturated carbocycles. The Labute approximate surface area is 118 Å². The molecule has 0 aliphatic rings. The Kier molecular flexibility index (Phi) is 4.65. The molecule has 0 aliphatic heterocycles. The van der Waals surface area contributed by atoms with E-state index in [4.69, 9.17) is 0 Å². The average Bonchev–Trinajstić information content (AvgIpc) is 2.49. The molecule has 2 aromatic rings. The maximum Gasteiger partial charge on any atom is 0.255 e. The molecular formula is C15H18N4O. The Morgan fingerprint density at radius 2 is 2.05 bits per heavy atom. The number of nitrogens with zero attached hydrogens (tertiary/aromatic N) is 2. The molecule has 20 heavy (non-hydrogen) atoms. The van der Waals surface area contributed by atoms with Crippen LogP contribution in [-0.4, -0.2) is 22.4 Å². The Balaban J connectivity index is 2.12. The van der Waals surface area contributed by atoms with Gasteiger partial charge in [0.1, 0.15) is 0 Å². The third-order valence-corrected chi connectivity index (χ3v) is 2.96. The van der Waals surface area contributed by atoms with E-state index in [1.807, 2.05) is 26.0 Å². The van der Waals surface area contributed by atoms with Gasteiger partial charge in [-0.25, -0.2) is 0 Å². The number of pyridine rings is 2. The number of nitrogens with one attached hydrogen (secondary N) is 2.